The Morgan fingerprint density at radius 1 is 1.24 bits per heavy atom. The number of nitrogens with zero attached hydrogens (tertiary/aromatic N) is 2. The molecule has 0 aromatic heterocycles. The van der Waals surface area contributed by atoms with E-state index >= 15 is 0 Å². The molecule has 0 radical (unpaired) electrons. The maximum Gasteiger partial charge on any atom is 0.270 e. The van der Waals surface area contributed by atoms with Gasteiger partial charge in [0.15, 0.2) is 5.84 Å². The molecule has 2 aliphatic heterocycles. The first-order chi connectivity index (χ1) is 18.1. The second-order valence-electron chi connectivity index (χ2n) is 9.03. The molecule has 2 aromatic rings. The van der Waals surface area contributed by atoms with Gasteiger partial charge in [0.05, 0.1) is 25.0 Å². The van der Waals surface area contributed by atoms with Gasteiger partial charge in [-0.25, -0.2) is 13.2 Å². The number of hydrogen-bond donors (Lipinski definition) is 4. The Bertz CT molecular complexity index is 1250. The minimum absolute atomic E-state index is 0.0769. The molecule has 2 saturated heterocycles. The molecule has 0 spiro atoms. The van der Waals surface area contributed by atoms with Gasteiger partial charge >= 0.3 is 0 Å². The van der Waals surface area contributed by atoms with Crippen LogP contribution in [-0.4, -0.2) is 58.7 Å². The number of hydrazone groups is 1. The zero-order valence-corrected chi connectivity index (χ0v) is 20.8. The summed E-state index contributed by atoms with van der Waals surface area (Å²) in [5, 5.41) is 25.1. The molecule has 4 rings (SSSR count). The summed E-state index contributed by atoms with van der Waals surface area (Å²) in [4.78, 5) is 26.6. The maximum absolute atomic E-state index is 14.0. The fourth-order valence-electron chi connectivity index (χ4n) is 4.36. The third-order valence-corrected chi connectivity index (χ3v) is 6.61. The fourth-order valence-corrected chi connectivity index (χ4v) is 4.61. The topological polar surface area (TPSA) is 127 Å². The third kappa shape index (κ3) is 5.98. The number of ether oxygens (including phenoxy) is 1. The Kier molecular flexibility index (Phi) is 8.34. The van der Waals surface area contributed by atoms with Crippen LogP contribution in [0.4, 0.5) is 13.2 Å². The van der Waals surface area contributed by atoms with Gasteiger partial charge in [0.1, 0.15) is 17.5 Å². The molecule has 38 heavy (non-hydrogen) atoms. The van der Waals surface area contributed by atoms with E-state index in [2.05, 4.69) is 15.8 Å². The predicted molar refractivity (Wildman–Crippen MR) is 132 cm³/mol. The second-order valence-corrected chi connectivity index (χ2v) is 9.47. The Morgan fingerprint density at radius 2 is 2.03 bits per heavy atom. The highest BCUT2D eigenvalue weighted by molar-refractivity contribution is 6.33. The van der Waals surface area contributed by atoms with Crippen LogP contribution >= 0.6 is 11.6 Å². The molecule has 3 atom stereocenters. The molecule has 4 N–H and O–H groups in total. The van der Waals surface area contributed by atoms with Crippen LogP contribution in [0.1, 0.15) is 36.5 Å². The van der Waals surface area contributed by atoms with E-state index < -0.39 is 41.0 Å². The lowest BCUT2D eigenvalue weighted by atomic mass is 9.99. The maximum atomic E-state index is 14.0. The lowest BCUT2D eigenvalue weighted by molar-refractivity contribution is -0.152. The number of amidine groups is 1. The van der Waals surface area contributed by atoms with E-state index in [1.165, 1.54) is 6.07 Å². The summed E-state index contributed by atoms with van der Waals surface area (Å²) in [7, 11) is 0. The highest BCUT2D eigenvalue weighted by Gasteiger charge is 2.52. The molecule has 13 heteroatoms. The number of aliphatic hydroxyl groups is 1. The molecule has 2 aliphatic rings. The number of likely N-dealkylation sites (tertiary alicyclic amines) is 1. The first-order valence-corrected chi connectivity index (χ1v) is 12.2. The van der Waals surface area contributed by atoms with Gasteiger partial charge in [0.2, 0.25) is 5.60 Å². The van der Waals surface area contributed by atoms with E-state index in [9.17, 15) is 27.9 Å². The van der Waals surface area contributed by atoms with Gasteiger partial charge in [-0.1, -0.05) is 11.6 Å². The minimum Gasteiger partial charge on any atom is -0.372 e. The molecular weight excluding hydrogens is 527 g/mol. The molecule has 1 unspecified atom stereocenters. The number of amides is 2. The molecule has 2 fully saturated rings. The van der Waals surface area contributed by atoms with Crippen LogP contribution in [-0.2, 0) is 20.9 Å². The predicted octanol–water partition coefficient (Wildman–Crippen LogP) is 2.81. The van der Waals surface area contributed by atoms with Crippen LogP contribution in [0.15, 0.2) is 41.5 Å². The van der Waals surface area contributed by atoms with Crippen molar-refractivity contribution in [3.05, 3.63) is 70.0 Å². The van der Waals surface area contributed by atoms with Gasteiger partial charge in [0.25, 0.3) is 11.8 Å². The van der Waals surface area contributed by atoms with Gasteiger partial charge in [-0.2, -0.15) is 5.10 Å². The van der Waals surface area contributed by atoms with E-state index in [1.54, 1.807) is 0 Å². The van der Waals surface area contributed by atoms with E-state index in [4.69, 9.17) is 21.7 Å². The molecule has 0 bridgehead atoms. The summed E-state index contributed by atoms with van der Waals surface area (Å²) in [6.07, 6.45) is 0.804. The van der Waals surface area contributed by atoms with Crippen molar-refractivity contribution in [1.29, 1.82) is 5.41 Å². The summed E-state index contributed by atoms with van der Waals surface area (Å²) in [5.74, 6) is -3.78. The first-order valence-electron chi connectivity index (χ1n) is 11.8. The van der Waals surface area contributed by atoms with Crippen LogP contribution in [0, 0.1) is 22.9 Å². The van der Waals surface area contributed by atoms with Crippen LogP contribution in [0.25, 0.3) is 0 Å². The SMILES string of the molecule is N=C/C(=N\NC1CC[C@@H](c2cc(F)ccc2F)OC1)N1CC[C@](O)(C(=O)NCc2cc(F)cc(Cl)c2)C1=O. The number of carbonyl (C=O) groups is 2. The zero-order valence-electron chi connectivity index (χ0n) is 20.0. The van der Waals surface area contributed by atoms with Crippen molar-refractivity contribution in [3.63, 3.8) is 0 Å². The third-order valence-electron chi connectivity index (χ3n) is 6.40. The average Bonchev–Trinajstić information content (AvgIpc) is 3.19. The van der Waals surface area contributed by atoms with Gasteiger partial charge in [-0.3, -0.25) is 14.5 Å². The molecule has 2 heterocycles. The van der Waals surface area contributed by atoms with E-state index in [1.807, 2.05) is 0 Å². The minimum atomic E-state index is -2.39. The van der Waals surface area contributed by atoms with E-state index in [0.29, 0.717) is 18.4 Å². The highest BCUT2D eigenvalue weighted by atomic mass is 35.5. The first kappa shape index (κ1) is 27.6. The molecule has 0 aliphatic carbocycles. The summed E-state index contributed by atoms with van der Waals surface area (Å²) < 4.78 is 46.7. The number of nitrogens with one attached hydrogen (secondary N) is 3. The number of halogens is 4. The van der Waals surface area contributed by atoms with Crippen molar-refractivity contribution in [2.24, 2.45) is 5.10 Å². The molecule has 202 valence electrons. The Labute approximate surface area is 221 Å². The van der Waals surface area contributed by atoms with Crippen molar-refractivity contribution >= 4 is 35.5 Å². The monoisotopic (exact) mass is 551 g/mol. The number of carbonyl (C=O) groups excluding carboxylic acids is 2. The average molecular weight is 552 g/mol. The van der Waals surface area contributed by atoms with E-state index in [-0.39, 0.29) is 48.6 Å². The molecule has 0 saturated carbocycles. The van der Waals surface area contributed by atoms with Crippen LogP contribution in [0.3, 0.4) is 0 Å². The number of hydrogen-bond acceptors (Lipinski definition) is 7. The van der Waals surface area contributed by atoms with E-state index in [0.717, 1.165) is 41.4 Å². The fraction of sp³-hybridized carbons (Fsp3) is 0.360. The van der Waals surface area contributed by atoms with Crippen molar-refractivity contribution < 1.29 is 32.6 Å². The van der Waals surface area contributed by atoms with Gasteiger partial charge in [-0.05, 0) is 54.8 Å². The van der Waals surface area contributed by atoms with Crippen molar-refractivity contribution in [2.75, 3.05) is 13.2 Å². The van der Waals surface area contributed by atoms with Crippen LogP contribution in [0.5, 0.6) is 0 Å². The largest absolute Gasteiger partial charge is 0.372 e. The second kappa shape index (κ2) is 11.5. The lowest BCUT2D eigenvalue weighted by Gasteiger charge is -2.29. The molecule has 2 amide bonds. The Morgan fingerprint density at radius 3 is 2.71 bits per heavy atom. The van der Waals surface area contributed by atoms with Crippen molar-refractivity contribution in [2.45, 2.75) is 43.6 Å². The van der Waals surface area contributed by atoms with Crippen molar-refractivity contribution in [1.82, 2.24) is 15.6 Å². The van der Waals surface area contributed by atoms with Gasteiger partial charge in [0, 0.05) is 30.1 Å². The summed E-state index contributed by atoms with van der Waals surface area (Å²) >= 11 is 5.81. The summed E-state index contributed by atoms with van der Waals surface area (Å²) in [6.45, 7) is -0.131. The number of benzene rings is 2. The van der Waals surface area contributed by atoms with Crippen LogP contribution in [0.2, 0.25) is 5.02 Å². The zero-order chi connectivity index (χ0) is 27.4. The smallest absolute Gasteiger partial charge is 0.270 e. The van der Waals surface area contributed by atoms with Gasteiger partial charge in [-0.15, -0.1) is 0 Å². The number of rotatable bonds is 7. The summed E-state index contributed by atoms with van der Waals surface area (Å²) in [5.41, 5.74) is 0.887. The lowest BCUT2D eigenvalue weighted by Crippen LogP contribution is -2.53. The molecule has 9 nitrogen and oxygen atoms in total. The Hall–Kier alpha value is -3.48. The quantitative estimate of drug-likeness (QED) is 0.182. The summed E-state index contributed by atoms with van der Waals surface area (Å²) in [6, 6.07) is 6.55. The van der Waals surface area contributed by atoms with Crippen molar-refractivity contribution in [3.8, 4) is 0 Å². The van der Waals surface area contributed by atoms with Gasteiger partial charge < -0.3 is 26.0 Å². The molecule has 2 aromatic carbocycles. The Balaban J connectivity index is 1.34. The van der Waals surface area contributed by atoms with Crippen LogP contribution < -0.4 is 10.7 Å². The standard InChI is InChI=1S/C25H25ClF3N5O4/c26-15-7-14(8-17(28)9-15)12-31-23(35)25(37)5-6-34(24(25)36)22(11-30)33-32-18-2-4-21(38-13-18)19-10-16(27)1-3-20(19)29/h1,3,7-11,18,21,30,32,37H,2,4-6,12-13H2,(H,31,35)/b30-11?,33-22+/t18?,21-,25-/m0/s1. The molecular formula is C25H25ClF3N5O4. The normalized spacial score (nSPS) is 23.9. The highest BCUT2D eigenvalue weighted by Crippen LogP contribution is 2.30.